The van der Waals surface area contributed by atoms with Crippen molar-refractivity contribution in [2.24, 2.45) is 0 Å². The van der Waals surface area contributed by atoms with E-state index in [4.69, 9.17) is 9.47 Å². The van der Waals surface area contributed by atoms with Gasteiger partial charge in [0.1, 0.15) is 0 Å². The van der Waals surface area contributed by atoms with Crippen LogP contribution in [0.4, 0.5) is 11.4 Å². The summed E-state index contributed by atoms with van der Waals surface area (Å²) in [6.07, 6.45) is -0.528. The maximum atomic E-state index is 10.8. The molecule has 1 aromatic carbocycles. The van der Waals surface area contributed by atoms with Gasteiger partial charge in [0.15, 0.2) is 5.75 Å². The number of methoxy groups -OCH3 is 1. The standard InChI is InChI=1S/C14H21N3O5/c1-21-14-8-11(2-3-13(14)17(19)20)15-9-12(18)10-16-4-6-22-7-5-16/h2-3,8,12,15,18H,4-7,9-10H2,1H3. The summed E-state index contributed by atoms with van der Waals surface area (Å²) in [4.78, 5) is 12.5. The van der Waals surface area contributed by atoms with Gasteiger partial charge in [0.25, 0.3) is 0 Å². The molecule has 1 aromatic rings. The number of anilines is 1. The Kier molecular flexibility index (Phi) is 5.93. The molecule has 22 heavy (non-hydrogen) atoms. The van der Waals surface area contributed by atoms with Crippen molar-refractivity contribution < 1.29 is 19.5 Å². The van der Waals surface area contributed by atoms with Crippen LogP contribution in [0.15, 0.2) is 18.2 Å². The van der Waals surface area contributed by atoms with E-state index in [0.29, 0.717) is 32.0 Å². The SMILES string of the molecule is COc1cc(NCC(O)CN2CCOCC2)ccc1[N+](=O)[O-]. The summed E-state index contributed by atoms with van der Waals surface area (Å²) >= 11 is 0. The minimum Gasteiger partial charge on any atom is -0.490 e. The van der Waals surface area contributed by atoms with Crippen LogP contribution in [-0.2, 0) is 4.74 Å². The van der Waals surface area contributed by atoms with E-state index in [1.54, 1.807) is 12.1 Å². The third-order valence-corrected chi connectivity index (χ3v) is 3.49. The average molecular weight is 311 g/mol. The van der Waals surface area contributed by atoms with Gasteiger partial charge in [-0.15, -0.1) is 0 Å². The minimum atomic E-state index is -0.528. The Morgan fingerprint density at radius 3 is 2.86 bits per heavy atom. The van der Waals surface area contributed by atoms with E-state index in [0.717, 1.165) is 13.1 Å². The summed E-state index contributed by atoms with van der Waals surface area (Å²) in [5.74, 6) is 0.192. The van der Waals surface area contributed by atoms with Crippen molar-refractivity contribution in [1.29, 1.82) is 0 Å². The maximum Gasteiger partial charge on any atom is 0.311 e. The quantitative estimate of drug-likeness (QED) is 0.565. The van der Waals surface area contributed by atoms with Gasteiger partial charge in [-0.1, -0.05) is 0 Å². The molecule has 0 spiro atoms. The van der Waals surface area contributed by atoms with Crippen molar-refractivity contribution >= 4 is 11.4 Å². The molecule has 1 atom stereocenters. The van der Waals surface area contributed by atoms with Gasteiger partial charge in [-0.2, -0.15) is 0 Å². The van der Waals surface area contributed by atoms with Crippen LogP contribution < -0.4 is 10.1 Å². The van der Waals surface area contributed by atoms with Gasteiger partial charge >= 0.3 is 5.69 Å². The molecule has 122 valence electrons. The monoisotopic (exact) mass is 311 g/mol. The number of nitro groups is 1. The Bertz CT molecular complexity index is 505. The molecule has 0 saturated carbocycles. The smallest absolute Gasteiger partial charge is 0.311 e. The second-order valence-corrected chi connectivity index (χ2v) is 5.09. The molecular formula is C14H21N3O5. The van der Waals surface area contributed by atoms with Crippen molar-refractivity contribution in [2.45, 2.75) is 6.10 Å². The van der Waals surface area contributed by atoms with E-state index < -0.39 is 11.0 Å². The van der Waals surface area contributed by atoms with Gasteiger partial charge < -0.3 is 19.9 Å². The summed E-state index contributed by atoms with van der Waals surface area (Å²) in [7, 11) is 1.39. The van der Waals surface area contributed by atoms with Gasteiger partial charge in [-0.05, 0) is 6.07 Å². The first-order valence-corrected chi connectivity index (χ1v) is 7.14. The number of ether oxygens (including phenoxy) is 2. The highest BCUT2D eigenvalue weighted by molar-refractivity contribution is 5.57. The van der Waals surface area contributed by atoms with Crippen LogP contribution in [0.2, 0.25) is 0 Å². The largest absolute Gasteiger partial charge is 0.490 e. The molecule has 1 aliphatic rings. The van der Waals surface area contributed by atoms with E-state index >= 15 is 0 Å². The molecule has 1 unspecified atom stereocenters. The van der Waals surface area contributed by atoms with Crippen LogP contribution in [0.3, 0.4) is 0 Å². The van der Waals surface area contributed by atoms with Gasteiger partial charge in [0.05, 0.1) is 31.4 Å². The third-order valence-electron chi connectivity index (χ3n) is 3.49. The van der Waals surface area contributed by atoms with Crippen LogP contribution >= 0.6 is 0 Å². The van der Waals surface area contributed by atoms with Crippen molar-refractivity contribution in [3.8, 4) is 5.75 Å². The number of benzene rings is 1. The number of aliphatic hydroxyl groups is 1. The summed E-state index contributed by atoms with van der Waals surface area (Å²) in [5, 5.41) is 23.9. The predicted octanol–water partition coefficient (Wildman–Crippen LogP) is 0.708. The van der Waals surface area contributed by atoms with Crippen molar-refractivity contribution in [1.82, 2.24) is 4.90 Å². The Hall–Kier alpha value is -1.90. The molecule has 0 amide bonds. The predicted molar refractivity (Wildman–Crippen MR) is 81.4 cm³/mol. The Balaban J connectivity index is 1.86. The van der Waals surface area contributed by atoms with E-state index in [2.05, 4.69) is 10.2 Å². The van der Waals surface area contributed by atoms with Crippen LogP contribution in [0.25, 0.3) is 0 Å². The number of morpholine rings is 1. The summed E-state index contributed by atoms with van der Waals surface area (Å²) in [6, 6.07) is 4.54. The Labute approximate surface area is 128 Å². The zero-order chi connectivity index (χ0) is 15.9. The summed E-state index contributed by atoms with van der Waals surface area (Å²) in [5.41, 5.74) is 0.588. The maximum absolute atomic E-state index is 10.8. The van der Waals surface area contributed by atoms with Crippen LogP contribution in [0.1, 0.15) is 0 Å². The highest BCUT2D eigenvalue weighted by atomic mass is 16.6. The summed E-state index contributed by atoms with van der Waals surface area (Å²) in [6.45, 7) is 3.96. The minimum absolute atomic E-state index is 0.0816. The fourth-order valence-electron chi connectivity index (χ4n) is 2.32. The number of hydrogen-bond donors (Lipinski definition) is 2. The fraction of sp³-hybridized carbons (Fsp3) is 0.571. The second-order valence-electron chi connectivity index (χ2n) is 5.09. The zero-order valence-electron chi connectivity index (χ0n) is 12.5. The number of hydrogen-bond acceptors (Lipinski definition) is 7. The van der Waals surface area contributed by atoms with Gasteiger partial charge in [0.2, 0.25) is 0 Å². The molecule has 0 bridgehead atoms. The molecule has 0 aromatic heterocycles. The van der Waals surface area contributed by atoms with Crippen molar-refractivity contribution in [2.75, 3.05) is 51.8 Å². The molecule has 1 saturated heterocycles. The molecule has 0 aliphatic carbocycles. The lowest BCUT2D eigenvalue weighted by Crippen LogP contribution is -2.42. The second kappa shape index (κ2) is 7.92. The van der Waals surface area contributed by atoms with Crippen molar-refractivity contribution in [3.63, 3.8) is 0 Å². The Morgan fingerprint density at radius 2 is 2.23 bits per heavy atom. The molecular weight excluding hydrogens is 290 g/mol. The number of rotatable bonds is 7. The number of aliphatic hydroxyl groups excluding tert-OH is 1. The lowest BCUT2D eigenvalue weighted by atomic mass is 10.2. The molecule has 1 fully saturated rings. The molecule has 2 N–H and O–H groups in total. The van der Waals surface area contributed by atoms with Gasteiger partial charge in [0, 0.05) is 44.0 Å². The lowest BCUT2D eigenvalue weighted by Gasteiger charge is -2.28. The molecule has 8 heteroatoms. The molecule has 2 rings (SSSR count). The summed E-state index contributed by atoms with van der Waals surface area (Å²) < 4.78 is 10.3. The first-order chi connectivity index (χ1) is 10.6. The highest BCUT2D eigenvalue weighted by Gasteiger charge is 2.17. The molecule has 1 heterocycles. The normalized spacial score (nSPS) is 17.0. The first-order valence-electron chi connectivity index (χ1n) is 7.14. The molecule has 8 nitrogen and oxygen atoms in total. The zero-order valence-corrected chi connectivity index (χ0v) is 12.5. The Morgan fingerprint density at radius 1 is 1.50 bits per heavy atom. The van der Waals surface area contributed by atoms with Crippen molar-refractivity contribution in [3.05, 3.63) is 28.3 Å². The van der Waals surface area contributed by atoms with Crippen LogP contribution in [0, 0.1) is 10.1 Å². The van der Waals surface area contributed by atoms with Crippen LogP contribution in [-0.4, -0.2) is 67.5 Å². The number of nitro benzene ring substituents is 1. The van der Waals surface area contributed by atoms with E-state index in [1.165, 1.54) is 13.2 Å². The van der Waals surface area contributed by atoms with Gasteiger partial charge in [-0.25, -0.2) is 0 Å². The fourth-order valence-corrected chi connectivity index (χ4v) is 2.32. The van der Waals surface area contributed by atoms with E-state index in [1.807, 2.05) is 0 Å². The van der Waals surface area contributed by atoms with E-state index in [-0.39, 0.29) is 11.4 Å². The number of β-amino-alcohol motifs (C(OH)–C–C–N with tert-alkyl or cyclic N) is 1. The van der Waals surface area contributed by atoms with E-state index in [9.17, 15) is 15.2 Å². The molecule has 0 radical (unpaired) electrons. The van der Waals surface area contributed by atoms with Gasteiger partial charge in [-0.3, -0.25) is 15.0 Å². The van der Waals surface area contributed by atoms with Crippen LogP contribution in [0.5, 0.6) is 5.75 Å². The molecule has 1 aliphatic heterocycles. The topological polar surface area (TPSA) is 97.1 Å². The number of nitrogens with zero attached hydrogens (tertiary/aromatic N) is 2. The lowest BCUT2D eigenvalue weighted by molar-refractivity contribution is -0.385. The third kappa shape index (κ3) is 4.55. The highest BCUT2D eigenvalue weighted by Crippen LogP contribution is 2.29. The number of nitrogens with one attached hydrogen (secondary N) is 1. The first kappa shape index (κ1) is 16.5. The average Bonchev–Trinajstić information content (AvgIpc) is 2.53.